The number of carbonyl (C=O) groups excluding carboxylic acids is 1. The second-order valence-electron chi connectivity index (χ2n) is 7.97. The van der Waals surface area contributed by atoms with Crippen LogP contribution in [-0.2, 0) is 4.79 Å². The standard InChI is InChI=1S/C28H26ClNO5/c1-16(12-26(31)30-23-13-18(29)10-11-25(23)33-4)20-14-21-22(19-8-6-7-9-24(19)32-3)15-35-28(21)17(2)27(20)34-5/h6-15H,1-5H3,(H,30,31)/b16-12+. The lowest BCUT2D eigenvalue weighted by Crippen LogP contribution is -2.10. The number of ether oxygens (including phenoxy) is 3. The summed E-state index contributed by atoms with van der Waals surface area (Å²) in [6, 6.07) is 14.8. The number of para-hydroxylation sites is 1. The van der Waals surface area contributed by atoms with E-state index in [9.17, 15) is 4.79 Å². The van der Waals surface area contributed by atoms with Gasteiger partial charge in [-0.15, -0.1) is 0 Å². The highest BCUT2D eigenvalue weighted by atomic mass is 35.5. The number of fused-ring (bicyclic) bond motifs is 1. The van der Waals surface area contributed by atoms with Crippen molar-refractivity contribution in [3.63, 3.8) is 0 Å². The highest BCUT2D eigenvalue weighted by Gasteiger charge is 2.20. The predicted molar refractivity (Wildman–Crippen MR) is 140 cm³/mol. The molecule has 0 fully saturated rings. The van der Waals surface area contributed by atoms with Gasteiger partial charge in [0.05, 0.1) is 33.3 Å². The summed E-state index contributed by atoms with van der Waals surface area (Å²) in [4.78, 5) is 12.9. The number of amides is 1. The molecule has 0 aliphatic heterocycles. The van der Waals surface area contributed by atoms with Crippen molar-refractivity contribution in [2.24, 2.45) is 0 Å². The van der Waals surface area contributed by atoms with Crippen LogP contribution in [-0.4, -0.2) is 27.2 Å². The summed E-state index contributed by atoms with van der Waals surface area (Å²) in [6.07, 6.45) is 3.24. The first kappa shape index (κ1) is 24.2. The molecule has 0 unspecified atom stereocenters. The smallest absolute Gasteiger partial charge is 0.248 e. The molecular weight excluding hydrogens is 466 g/mol. The van der Waals surface area contributed by atoms with Gasteiger partial charge < -0.3 is 23.9 Å². The fourth-order valence-electron chi connectivity index (χ4n) is 4.17. The minimum absolute atomic E-state index is 0.319. The maximum absolute atomic E-state index is 12.9. The van der Waals surface area contributed by atoms with Crippen molar-refractivity contribution in [3.8, 4) is 28.4 Å². The van der Waals surface area contributed by atoms with Crippen LogP contribution in [0.4, 0.5) is 5.69 Å². The van der Waals surface area contributed by atoms with Crippen molar-refractivity contribution >= 4 is 39.7 Å². The summed E-state index contributed by atoms with van der Waals surface area (Å²) in [6.45, 7) is 3.80. The van der Waals surface area contributed by atoms with Crippen molar-refractivity contribution in [2.45, 2.75) is 13.8 Å². The lowest BCUT2D eigenvalue weighted by molar-refractivity contribution is -0.111. The molecule has 3 aromatic carbocycles. The number of anilines is 1. The van der Waals surface area contributed by atoms with Gasteiger partial charge in [-0.3, -0.25) is 4.79 Å². The van der Waals surface area contributed by atoms with Crippen molar-refractivity contribution < 1.29 is 23.4 Å². The van der Waals surface area contributed by atoms with Gasteiger partial charge in [-0.05, 0) is 49.8 Å². The highest BCUT2D eigenvalue weighted by molar-refractivity contribution is 6.31. The number of nitrogens with one attached hydrogen (secondary N) is 1. The average Bonchev–Trinajstić information content (AvgIpc) is 3.28. The summed E-state index contributed by atoms with van der Waals surface area (Å²) < 4.78 is 22.5. The molecule has 0 aliphatic carbocycles. The topological polar surface area (TPSA) is 69.9 Å². The van der Waals surface area contributed by atoms with Gasteiger partial charge in [0.15, 0.2) is 0 Å². The summed E-state index contributed by atoms with van der Waals surface area (Å²) in [5.41, 5.74) is 5.35. The number of aryl methyl sites for hydroxylation is 1. The number of rotatable bonds is 7. The lowest BCUT2D eigenvalue weighted by Gasteiger charge is -2.14. The molecule has 4 aromatic rings. The van der Waals surface area contributed by atoms with E-state index < -0.39 is 0 Å². The van der Waals surface area contributed by atoms with E-state index >= 15 is 0 Å². The highest BCUT2D eigenvalue weighted by Crippen LogP contribution is 2.42. The summed E-state index contributed by atoms with van der Waals surface area (Å²) in [7, 11) is 4.78. The van der Waals surface area contributed by atoms with Crippen LogP contribution in [0.3, 0.4) is 0 Å². The van der Waals surface area contributed by atoms with Crippen LogP contribution in [0, 0.1) is 6.92 Å². The van der Waals surface area contributed by atoms with Gasteiger partial charge in [0.2, 0.25) is 5.91 Å². The fraction of sp³-hybridized carbons (Fsp3) is 0.179. The largest absolute Gasteiger partial charge is 0.496 e. The van der Waals surface area contributed by atoms with E-state index in [1.165, 1.54) is 13.2 Å². The molecular formula is C28H26ClNO5. The Kier molecular flexibility index (Phi) is 7.03. The summed E-state index contributed by atoms with van der Waals surface area (Å²) in [5.74, 6) is 1.58. The van der Waals surface area contributed by atoms with Crippen molar-refractivity contribution in [3.05, 3.63) is 77.0 Å². The number of furan rings is 1. The van der Waals surface area contributed by atoms with E-state index in [0.29, 0.717) is 27.8 Å². The Bertz CT molecular complexity index is 1440. The Labute approximate surface area is 209 Å². The maximum atomic E-state index is 12.9. The van der Waals surface area contributed by atoms with E-state index in [4.69, 9.17) is 30.2 Å². The molecule has 1 N–H and O–H groups in total. The second kappa shape index (κ2) is 10.2. The molecule has 0 saturated carbocycles. The number of hydrogen-bond donors (Lipinski definition) is 1. The van der Waals surface area contributed by atoms with E-state index in [1.807, 2.05) is 44.2 Å². The first-order valence-electron chi connectivity index (χ1n) is 10.9. The zero-order valence-electron chi connectivity index (χ0n) is 20.2. The third-order valence-corrected chi connectivity index (χ3v) is 6.07. The minimum Gasteiger partial charge on any atom is -0.496 e. The molecule has 0 saturated heterocycles. The van der Waals surface area contributed by atoms with Crippen molar-refractivity contribution in [2.75, 3.05) is 26.6 Å². The maximum Gasteiger partial charge on any atom is 0.248 e. The molecule has 4 rings (SSSR count). The molecule has 1 heterocycles. The lowest BCUT2D eigenvalue weighted by atomic mass is 9.96. The quantitative estimate of drug-likeness (QED) is 0.278. The fourth-order valence-corrected chi connectivity index (χ4v) is 4.34. The first-order valence-corrected chi connectivity index (χ1v) is 11.3. The Morgan fingerprint density at radius 2 is 1.71 bits per heavy atom. The Hall–Kier alpha value is -3.90. The summed E-state index contributed by atoms with van der Waals surface area (Å²) in [5, 5.41) is 4.23. The van der Waals surface area contributed by atoms with Crippen LogP contribution >= 0.6 is 11.6 Å². The van der Waals surface area contributed by atoms with Crippen LogP contribution < -0.4 is 19.5 Å². The van der Waals surface area contributed by atoms with Crippen LogP contribution in [0.2, 0.25) is 5.02 Å². The van der Waals surface area contributed by atoms with E-state index in [1.54, 1.807) is 38.7 Å². The Balaban J connectivity index is 1.78. The molecule has 0 radical (unpaired) electrons. The number of methoxy groups -OCH3 is 3. The molecule has 35 heavy (non-hydrogen) atoms. The molecule has 1 amide bonds. The number of benzene rings is 3. The molecule has 0 atom stereocenters. The molecule has 1 aromatic heterocycles. The second-order valence-corrected chi connectivity index (χ2v) is 8.41. The first-order chi connectivity index (χ1) is 16.9. The van der Waals surface area contributed by atoms with Gasteiger partial charge in [0.25, 0.3) is 0 Å². The monoisotopic (exact) mass is 491 g/mol. The van der Waals surface area contributed by atoms with Gasteiger partial charge in [0.1, 0.15) is 22.8 Å². The van der Waals surface area contributed by atoms with Crippen molar-refractivity contribution in [1.82, 2.24) is 0 Å². The van der Waals surface area contributed by atoms with E-state index in [-0.39, 0.29) is 5.91 Å². The van der Waals surface area contributed by atoms with Crippen LogP contribution in [0.1, 0.15) is 18.1 Å². The van der Waals surface area contributed by atoms with Crippen LogP contribution in [0.15, 0.2) is 65.3 Å². The SMILES string of the molecule is COc1ccc(Cl)cc1NC(=O)/C=C(\C)c1cc2c(-c3ccccc3OC)coc2c(C)c1OC. The third kappa shape index (κ3) is 4.70. The van der Waals surface area contributed by atoms with Gasteiger partial charge >= 0.3 is 0 Å². The number of allylic oxidation sites excluding steroid dienone is 1. The average molecular weight is 492 g/mol. The normalized spacial score (nSPS) is 11.4. The Morgan fingerprint density at radius 3 is 2.43 bits per heavy atom. The van der Waals surface area contributed by atoms with Crippen molar-refractivity contribution in [1.29, 1.82) is 0 Å². The molecule has 180 valence electrons. The van der Waals surface area contributed by atoms with Crippen LogP contribution in [0.25, 0.3) is 27.7 Å². The van der Waals surface area contributed by atoms with Gasteiger partial charge in [-0.25, -0.2) is 0 Å². The predicted octanol–water partition coefficient (Wildman–Crippen LogP) is 7.13. The molecule has 6 nitrogen and oxygen atoms in total. The molecule has 0 spiro atoms. The minimum atomic E-state index is -0.319. The van der Waals surface area contributed by atoms with Gasteiger partial charge in [-0.1, -0.05) is 29.8 Å². The summed E-state index contributed by atoms with van der Waals surface area (Å²) >= 11 is 6.09. The number of hydrogen-bond acceptors (Lipinski definition) is 5. The third-order valence-electron chi connectivity index (χ3n) is 5.84. The molecule has 7 heteroatoms. The zero-order valence-corrected chi connectivity index (χ0v) is 20.9. The molecule has 0 bridgehead atoms. The Morgan fingerprint density at radius 1 is 0.971 bits per heavy atom. The van der Waals surface area contributed by atoms with Crippen LogP contribution in [0.5, 0.6) is 17.2 Å². The number of halogens is 1. The van der Waals surface area contributed by atoms with E-state index in [2.05, 4.69) is 5.32 Å². The zero-order chi connectivity index (χ0) is 25.1. The number of carbonyl (C=O) groups is 1. The van der Waals surface area contributed by atoms with Gasteiger partial charge in [-0.2, -0.15) is 0 Å². The molecule has 0 aliphatic rings. The van der Waals surface area contributed by atoms with E-state index in [0.717, 1.165) is 39.0 Å². The van der Waals surface area contributed by atoms with Gasteiger partial charge in [0, 0.05) is 38.7 Å².